The third-order valence-corrected chi connectivity index (χ3v) is 19.9. The lowest BCUT2D eigenvalue weighted by Crippen LogP contribution is -3.00. The number of fused-ring (bicyclic) bond motifs is 7. The van der Waals surface area contributed by atoms with Crippen LogP contribution >= 0.6 is 0 Å². The molecule has 4 saturated heterocycles. The predicted octanol–water partition coefficient (Wildman–Crippen LogP) is 0.510. The Morgan fingerprint density at radius 2 is 1.76 bits per heavy atom. The minimum Gasteiger partial charge on any atom is -1.00 e. The van der Waals surface area contributed by atoms with Gasteiger partial charge in [-0.25, -0.2) is 9.59 Å². The highest BCUT2D eigenvalue weighted by atomic mass is 35.5. The second kappa shape index (κ2) is 12.9. The topological polar surface area (TPSA) is 163 Å². The zero-order valence-electron chi connectivity index (χ0n) is 34.7. The van der Waals surface area contributed by atoms with Crippen LogP contribution in [0, 0.1) is 46.3 Å². The highest BCUT2D eigenvalue weighted by molar-refractivity contribution is 5.85. The molecule has 59 heavy (non-hydrogen) atoms. The second-order valence-electron chi connectivity index (χ2n) is 20.9. The summed E-state index contributed by atoms with van der Waals surface area (Å²) in [7, 11) is 3.48. The number of benzene rings is 1. The van der Waals surface area contributed by atoms with Crippen LogP contribution in [0.5, 0.6) is 0 Å². The van der Waals surface area contributed by atoms with Crippen LogP contribution in [0.25, 0.3) is 0 Å². The van der Waals surface area contributed by atoms with Crippen LogP contribution in [-0.2, 0) is 34.0 Å². The molecule has 0 amide bonds. The van der Waals surface area contributed by atoms with Crippen molar-refractivity contribution in [2.45, 2.75) is 144 Å². The molecule has 5 bridgehead atoms. The van der Waals surface area contributed by atoms with Gasteiger partial charge in [-0.15, -0.1) is 0 Å². The van der Waals surface area contributed by atoms with Crippen LogP contribution in [0.15, 0.2) is 35.9 Å². The summed E-state index contributed by atoms with van der Waals surface area (Å²) in [4.78, 5) is 43.2. The molecule has 0 aromatic heterocycles. The molecule has 1 aromatic rings. The third kappa shape index (κ3) is 4.52. The Bertz CT molecular complexity index is 2020. The van der Waals surface area contributed by atoms with E-state index in [1.54, 1.807) is 6.08 Å². The number of aliphatic hydroxyl groups is 4. The van der Waals surface area contributed by atoms with Crippen LogP contribution in [0.4, 0.5) is 5.69 Å². The molecular formula is C46H61ClN2O10. The number of methoxy groups -OCH3 is 1. The lowest BCUT2D eigenvalue weighted by Gasteiger charge is -2.67. The molecular weight excluding hydrogens is 776 g/mol. The summed E-state index contributed by atoms with van der Waals surface area (Å²) in [6.07, 6.45) is 6.02. The summed E-state index contributed by atoms with van der Waals surface area (Å²) in [5.74, 6) is -1.64. The smallest absolute Gasteiger partial charge is 0.362 e. The van der Waals surface area contributed by atoms with Crippen LogP contribution in [-0.4, -0.2) is 118 Å². The largest absolute Gasteiger partial charge is 1.00 e. The highest BCUT2D eigenvalue weighted by Gasteiger charge is 2.83. The number of esters is 3. The van der Waals surface area contributed by atoms with Crippen molar-refractivity contribution in [3.8, 4) is 0 Å². The lowest BCUT2D eigenvalue weighted by atomic mass is 9.41. The summed E-state index contributed by atoms with van der Waals surface area (Å²) in [6, 6.07) is 8.21. The molecule has 1 spiro atoms. The Kier molecular flexibility index (Phi) is 8.83. The molecule has 5 aliphatic carbocycles. The van der Waals surface area contributed by atoms with Gasteiger partial charge in [0.05, 0.1) is 47.3 Å². The van der Waals surface area contributed by atoms with Gasteiger partial charge in [-0.3, -0.25) is 9.28 Å². The van der Waals surface area contributed by atoms with E-state index in [9.17, 15) is 34.8 Å². The van der Waals surface area contributed by atoms with Gasteiger partial charge >= 0.3 is 17.9 Å². The maximum atomic E-state index is 14.6. The molecule has 9 fully saturated rings. The Hall–Kier alpha value is -2.74. The number of carbonyl (C=O) groups is 3. The quantitative estimate of drug-likeness (QED) is 0.180. The van der Waals surface area contributed by atoms with Gasteiger partial charge < -0.3 is 51.9 Å². The van der Waals surface area contributed by atoms with Gasteiger partial charge in [-0.05, 0) is 98.7 Å². The summed E-state index contributed by atoms with van der Waals surface area (Å²) in [5, 5.41) is 50.6. The van der Waals surface area contributed by atoms with Crippen LogP contribution < -0.4 is 17.3 Å². The molecule has 0 radical (unpaired) electrons. The van der Waals surface area contributed by atoms with Crippen molar-refractivity contribution in [1.29, 1.82) is 0 Å². The molecule has 18 atom stereocenters. The number of carbonyl (C=O) groups excluding carboxylic acids is 3. The van der Waals surface area contributed by atoms with E-state index in [1.807, 2.05) is 6.07 Å². The Balaban J connectivity index is 0.00000420. The molecule has 322 valence electrons. The normalized spacial score (nSPS) is 51.7. The zero-order valence-corrected chi connectivity index (χ0v) is 35.5. The number of likely N-dealkylation sites (N-methyl/N-ethyl adjacent to an activating group) is 1. The minimum absolute atomic E-state index is 0. The molecule has 12 rings (SSSR count). The minimum atomic E-state index is -1.50. The molecule has 6 heterocycles. The number of para-hydroxylation sites is 1. The first-order chi connectivity index (χ1) is 27.7. The maximum absolute atomic E-state index is 14.6. The fourth-order valence-electron chi connectivity index (χ4n) is 17.9. The van der Waals surface area contributed by atoms with Crippen LogP contribution in [0.1, 0.15) is 96.5 Å². The van der Waals surface area contributed by atoms with Gasteiger partial charge in [0.15, 0.2) is 12.8 Å². The molecule has 13 heteroatoms. The maximum Gasteiger partial charge on any atom is 0.362 e. The van der Waals surface area contributed by atoms with Crippen LogP contribution in [0.3, 0.4) is 0 Å². The fourth-order valence-corrected chi connectivity index (χ4v) is 17.9. The van der Waals surface area contributed by atoms with E-state index in [1.165, 1.54) is 12.7 Å². The lowest BCUT2D eigenvalue weighted by molar-refractivity contribution is -1.03. The van der Waals surface area contributed by atoms with Crippen molar-refractivity contribution in [2.75, 3.05) is 32.2 Å². The van der Waals surface area contributed by atoms with Crippen molar-refractivity contribution in [3.05, 3.63) is 41.5 Å². The molecule has 1 aromatic carbocycles. The van der Waals surface area contributed by atoms with Crippen molar-refractivity contribution in [1.82, 2.24) is 0 Å². The zero-order chi connectivity index (χ0) is 40.5. The number of rotatable bonds is 6. The number of cyclic esters (lactones) is 1. The summed E-state index contributed by atoms with van der Waals surface area (Å²) in [5.41, 5.74) is -1.55. The standard InChI is InChI=1S/C46H61N2O10.ClH/c1-5-26-27-19-33-38-44(31-8-6-7-9-32(31)47(38)3)21-34(37(27)39(44)51)48(33,40(26)52)22-36(50)58-25-10-16-45(41(53)56-4)29-11-14-42(2)28(24-18-35(49)57-23-24)13-17-46(42,55)30(29)12-15-43(45,54)20-25;/h6-9,18,25-30,33-34,37-40,51-52,54-55H,5,10-17,19-23H2,1-4H3;1H/q+1;/p-1/t25-,26-,27?,28+,29?,30?,33?,34-,37?,38?,39?,40+,42?,43-,44+,45?,46-,48?;/m0./s1. The number of nitrogens with zero attached hydrogens (tertiary/aromatic N) is 2. The average Bonchev–Trinajstić information content (AvgIpc) is 3.89. The van der Waals surface area contributed by atoms with Gasteiger partial charge in [0.2, 0.25) is 0 Å². The SMILES string of the molecule is CC[C@H]1C2CC3C4N(C)c5ccccc5[C@]45C[C@@H](C2C5O)[N+]3(CC(=O)O[C@H]2CCC3(C(=O)OC)C4CCC5(C)[C@@H](C6=CC(=O)OC6)CC[C@]5(O)C4CC[C@]3(O)C2)[C@@H]1O.[Cl-]. The van der Waals surface area contributed by atoms with E-state index in [0.717, 1.165) is 30.5 Å². The average molecular weight is 837 g/mol. The van der Waals surface area contributed by atoms with E-state index in [4.69, 9.17) is 14.2 Å². The number of anilines is 1. The van der Waals surface area contributed by atoms with Crippen molar-refractivity contribution in [2.24, 2.45) is 46.3 Å². The highest BCUT2D eigenvalue weighted by Crippen LogP contribution is 2.73. The first-order valence-electron chi connectivity index (χ1n) is 22.3. The van der Waals surface area contributed by atoms with Crippen molar-refractivity contribution in [3.63, 3.8) is 0 Å². The molecule has 5 saturated carbocycles. The van der Waals surface area contributed by atoms with E-state index >= 15 is 0 Å². The van der Waals surface area contributed by atoms with E-state index in [2.05, 4.69) is 44.0 Å². The Morgan fingerprint density at radius 3 is 2.49 bits per heavy atom. The van der Waals surface area contributed by atoms with E-state index < -0.39 is 57.8 Å². The van der Waals surface area contributed by atoms with E-state index in [-0.39, 0.29) is 109 Å². The second-order valence-corrected chi connectivity index (χ2v) is 20.9. The number of hydrogen-bond acceptors (Lipinski definition) is 11. The molecule has 11 aliphatic rings. The molecule has 4 N–H and O–H groups in total. The number of aliphatic hydroxyl groups excluding tert-OH is 2. The first-order valence-corrected chi connectivity index (χ1v) is 22.3. The molecule has 12 nitrogen and oxygen atoms in total. The van der Waals surface area contributed by atoms with Gasteiger partial charge in [0, 0.05) is 55.3 Å². The monoisotopic (exact) mass is 836 g/mol. The van der Waals surface area contributed by atoms with E-state index in [0.29, 0.717) is 38.5 Å². The number of ether oxygens (including phenoxy) is 3. The fraction of sp³-hybridized carbons (Fsp3) is 0.761. The Morgan fingerprint density at radius 1 is 1.00 bits per heavy atom. The molecule has 10 unspecified atom stereocenters. The molecule has 6 aliphatic heterocycles. The first kappa shape index (κ1) is 40.3. The number of piperidine rings is 4. The van der Waals surface area contributed by atoms with Crippen molar-refractivity contribution < 1.29 is 65.9 Å². The number of quaternary nitrogens is 1. The van der Waals surface area contributed by atoms with Crippen LogP contribution in [0.2, 0.25) is 0 Å². The third-order valence-electron chi connectivity index (χ3n) is 19.9. The van der Waals surface area contributed by atoms with Gasteiger partial charge in [-0.2, -0.15) is 0 Å². The van der Waals surface area contributed by atoms with Gasteiger partial charge in [0.25, 0.3) is 0 Å². The van der Waals surface area contributed by atoms with Gasteiger partial charge in [0.1, 0.15) is 18.8 Å². The summed E-state index contributed by atoms with van der Waals surface area (Å²) in [6.45, 7) is 4.49. The number of hydrogen-bond donors (Lipinski definition) is 4. The summed E-state index contributed by atoms with van der Waals surface area (Å²) >= 11 is 0. The van der Waals surface area contributed by atoms with Gasteiger partial charge in [-0.1, -0.05) is 32.0 Å². The number of halogens is 1. The predicted molar refractivity (Wildman–Crippen MR) is 208 cm³/mol. The Labute approximate surface area is 352 Å². The van der Waals surface area contributed by atoms with Crippen molar-refractivity contribution >= 4 is 23.6 Å². The summed E-state index contributed by atoms with van der Waals surface area (Å²) < 4.78 is 17.5.